The predicted octanol–water partition coefficient (Wildman–Crippen LogP) is 1.75. The van der Waals surface area contributed by atoms with E-state index in [2.05, 4.69) is 17.4 Å². The first-order chi connectivity index (χ1) is 8.81. The topological polar surface area (TPSA) is 41.5 Å². The molecule has 100 valence electrons. The summed E-state index contributed by atoms with van der Waals surface area (Å²) in [6, 6.07) is 11.0. The highest BCUT2D eigenvalue weighted by Gasteiger charge is 2.30. The normalized spacial score (nSPS) is 24.6. The third kappa shape index (κ3) is 3.80. The van der Waals surface area contributed by atoms with Crippen LogP contribution in [0.1, 0.15) is 25.3 Å². The summed E-state index contributed by atoms with van der Waals surface area (Å²) in [7, 11) is 0. The van der Waals surface area contributed by atoms with E-state index in [4.69, 9.17) is 4.74 Å². The van der Waals surface area contributed by atoms with E-state index in [0.717, 1.165) is 25.9 Å². The van der Waals surface area contributed by atoms with Crippen LogP contribution in [0.25, 0.3) is 0 Å². The van der Waals surface area contributed by atoms with Crippen LogP contribution in [-0.4, -0.2) is 36.5 Å². The van der Waals surface area contributed by atoms with Gasteiger partial charge in [0.1, 0.15) is 0 Å². The Morgan fingerprint density at radius 3 is 2.67 bits per heavy atom. The SMILES string of the molecule is CCOC1CC(N[C@H](CO)Cc2ccccc2)C1. The molecule has 0 unspecified atom stereocenters. The Hall–Kier alpha value is -0.900. The number of aliphatic hydroxyl groups is 1. The average Bonchev–Trinajstić information content (AvgIpc) is 2.36. The summed E-state index contributed by atoms with van der Waals surface area (Å²) in [4.78, 5) is 0. The van der Waals surface area contributed by atoms with Gasteiger partial charge in [0.05, 0.1) is 12.7 Å². The maximum Gasteiger partial charge on any atom is 0.0604 e. The van der Waals surface area contributed by atoms with Crippen LogP contribution in [0.4, 0.5) is 0 Å². The second kappa shape index (κ2) is 6.88. The van der Waals surface area contributed by atoms with E-state index in [1.165, 1.54) is 5.56 Å². The van der Waals surface area contributed by atoms with E-state index in [0.29, 0.717) is 12.1 Å². The molecule has 0 heterocycles. The summed E-state index contributed by atoms with van der Waals surface area (Å²) in [6.07, 6.45) is 3.44. The van der Waals surface area contributed by atoms with Gasteiger partial charge in [-0.1, -0.05) is 30.3 Å². The van der Waals surface area contributed by atoms with Crippen LogP contribution in [0.5, 0.6) is 0 Å². The molecule has 1 fully saturated rings. The number of ether oxygens (including phenoxy) is 1. The van der Waals surface area contributed by atoms with E-state index >= 15 is 0 Å². The number of nitrogens with one attached hydrogen (secondary N) is 1. The Morgan fingerprint density at radius 1 is 1.33 bits per heavy atom. The van der Waals surface area contributed by atoms with Crippen LogP contribution in [0.2, 0.25) is 0 Å². The van der Waals surface area contributed by atoms with Crippen molar-refractivity contribution in [2.75, 3.05) is 13.2 Å². The Kier molecular flexibility index (Phi) is 5.17. The van der Waals surface area contributed by atoms with Gasteiger partial charge in [-0.3, -0.25) is 0 Å². The smallest absolute Gasteiger partial charge is 0.0604 e. The number of hydrogen-bond donors (Lipinski definition) is 2. The quantitative estimate of drug-likeness (QED) is 0.773. The molecule has 0 saturated heterocycles. The molecule has 2 N–H and O–H groups in total. The molecule has 3 nitrogen and oxygen atoms in total. The van der Waals surface area contributed by atoms with Crippen LogP contribution >= 0.6 is 0 Å². The molecular formula is C15H23NO2. The van der Waals surface area contributed by atoms with Crippen molar-refractivity contribution >= 4 is 0 Å². The van der Waals surface area contributed by atoms with Gasteiger partial charge in [0.2, 0.25) is 0 Å². The largest absolute Gasteiger partial charge is 0.395 e. The molecule has 1 aromatic rings. The van der Waals surface area contributed by atoms with E-state index in [9.17, 15) is 5.11 Å². The first-order valence-electron chi connectivity index (χ1n) is 6.84. The molecule has 0 amide bonds. The lowest BCUT2D eigenvalue weighted by Crippen LogP contribution is -2.51. The van der Waals surface area contributed by atoms with Crippen LogP contribution in [-0.2, 0) is 11.2 Å². The first kappa shape index (κ1) is 13.5. The Labute approximate surface area is 109 Å². The fraction of sp³-hybridized carbons (Fsp3) is 0.600. The maximum absolute atomic E-state index is 9.43. The van der Waals surface area contributed by atoms with Crippen molar-refractivity contribution in [1.29, 1.82) is 0 Å². The highest BCUT2D eigenvalue weighted by Crippen LogP contribution is 2.23. The Bertz CT molecular complexity index is 336. The summed E-state index contributed by atoms with van der Waals surface area (Å²) in [5.74, 6) is 0. The van der Waals surface area contributed by atoms with E-state index in [1.807, 2.05) is 25.1 Å². The summed E-state index contributed by atoms with van der Waals surface area (Å²) in [6.45, 7) is 3.02. The fourth-order valence-electron chi connectivity index (χ4n) is 2.48. The lowest BCUT2D eigenvalue weighted by atomic mass is 9.88. The van der Waals surface area contributed by atoms with Gasteiger partial charge in [0, 0.05) is 18.7 Å². The Morgan fingerprint density at radius 2 is 2.06 bits per heavy atom. The molecule has 3 heteroatoms. The van der Waals surface area contributed by atoms with Crippen molar-refractivity contribution in [3.63, 3.8) is 0 Å². The van der Waals surface area contributed by atoms with Crippen molar-refractivity contribution in [1.82, 2.24) is 5.32 Å². The zero-order valence-corrected chi connectivity index (χ0v) is 11.0. The molecule has 2 rings (SSSR count). The van der Waals surface area contributed by atoms with Gasteiger partial charge in [0.25, 0.3) is 0 Å². The minimum atomic E-state index is 0.153. The second-order valence-corrected chi connectivity index (χ2v) is 4.98. The van der Waals surface area contributed by atoms with Crippen molar-refractivity contribution in [3.8, 4) is 0 Å². The maximum atomic E-state index is 9.43. The van der Waals surface area contributed by atoms with E-state index in [-0.39, 0.29) is 12.6 Å². The van der Waals surface area contributed by atoms with Crippen LogP contribution < -0.4 is 5.32 Å². The van der Waals surface area contributed by atoms with E-state index in [1.54, 1.807) is 0 Å². The number of benzene rings is 1. The van der Waals surface area contributed by atoms with Crippen molar-refractivity contribution in [2.45, 2.75) is 44.4 Å². The molecule has 1 atom stereocenters. The zero-order chi connectivity index (χ0) is 12.8. The summed E-state index contributed by atoms with van der Waals surface area (Å²) >= 11 is 0. The summed E-state index contributed by atoms with van der Waals surface area (Å²) in [5, 5.41) is 12.9. The van der Waals surface area contributed by atoms with Gasteiger partial charge in [0.15, 0.2) is 0 Å². The highest BCUT2D eigenvalue weighted by molar-refractivity contribution is 5.16. The summed E-state index contributed by atoms with van der Waals surface area (Å²) in [5.41, 5.74) is 1.27. The van der Waals surface area contributed by atoms with Gasteiger partial charge >= 0.3 is 0 Å². The standard InChI is InChI=1S/C15H23NO2/c1-2-18-15-9-13(10-15)16-14(11-17)8-12-6-4-3-5-7-12/h3-7,13-17H,2,8-11H2,1H3/t13?,14-,15?/m0/s1. The molecule has 0 radical (unpaired) electrons. The first-order valence-corrected chi connectivity index (χ1v) is 6.84. The van der Waals surface area contributed by atoms with Gasteiger partial charge in [-0.2, -0.15) is 0 Å². The minimum Gasteiger partial charge on any atom is -0.395 e. The van der Waals surface area contributed by atoms with Crippen molar-refractivity contribution in [2.24, 2.45) is 0 Å². The van der Waals surface area contributed by atoms with Gasteiger partial charge in [-0.25, -0.2) is 0 Å². The zero-order valence-electron chi connectivity index (χ0n) is 11.0. The Balaban J connectivity index is 1.74. The molecule has 1 aliphatic rings. The molecular weight excluding hydrogens is 226 g/mol. The lowest BCUT2D eigenvalue weighted by molar-refractivity contribution is -0.0140. The lowest BCUT2D eigenvalue weighted by Gasteiger charge is -2.37. The minimum absolute atomic E-state index is 0.153. The number of hydrogen-bond acceptors (Lipinski definition) is 3. The summed E-state index contributed by atoms with van der Waals surface area (Å²) < 4.78 is 5.54. The van der Waals surface area contributed by atoms with Gasteiger partial charge in [-0.15, -0.1) is 0 Å². The number of rotatable bonds is 7. The molecule has 1 aromatic carbocycles. The van der Waals surface area contributed by atoms with Gasteiger partial charge < -0.3 is 15.2 Å². The highest BCUT2D eigenvalue weighted by atomic mass is 16.5. The molecule has 0 spiro atoms. The fourth-order valence-corrected chi connectivity index (χ4v) is 2.48. The third-order valence-electron chi connectivity index (χ3n) is 3.51. The predicted molar refractivity (Wildman–Crippen MR) is 72.6 cm³/mol. The molecule has 1 saturated carbocycles. The van der Waals surface area contributed by atoms with Crippen LogP contribution in [0.15, 0.2) is 30.3 Å². The van der Waals surface area contributed by atoms with E-state index < -0.39 is 0 Å². The number of aliphatic hydroxyl groups excluding tert-OH is 1. The average molecular weight is 249 g/mol. The van der Waals surface area contributed by atoms with Crippen molar-refractivity contribution in [3.05, 3.63) is 35.9 Å². The second-order valence-electron chi connectivity index (χ2n) is 4.98. The van der Waals surface area contributed by atoms with Gasteiger partial charge in [-0.05, 0) is 31.7 Å². The van der Waals surface area contributed by atoms with Crippen LogP contribution in [0, 0.1) is 0 Å². The molecule has 1 aliphatic carbocycles. The molecule has 18 heavy (non-hydrogen) atoms. The third-order valence-corrected chi connectivity index (χ3v) is 3.51. The molecule has 0 bridgehead atoms. The van der Waals surface area contributed by atoms with Crippen LogP contribution in [0.3, 0.4) is 0 Å². The van der Waals surface area contributed by atoms with Crippen molar-refractivity contribution < 1.29 is 9.84 Å². The molecule has 0 aliphatic heterocycles. The monoisotopic (exact) mass is 249 g/mol. The molecule has 0 aromatic heterocycles.